The summed E-state index contributed by atoms with van der Waals surface area (Å²) >= 11 is 7.46. The predicted molar refractivity (Wildman–Crippen MR) is 60.5 cm³/mol. The summed E-state index contributed by atoms with van der Waals surface area (Å²) in [6.45, 7) is 4.39. The van der Waals surface area contributed by atoms with Crippen LogP contribution in [0.5, 0.6) is 0 Å². The highest BCUT2D eigenvalue weighted by molar-refractivity contribution is 7.16. The Hall–Kier alpha value is -0.0500. The van der Waals surface area contributed by atoms with E-state index >= 15 is 0 Å². The minimum Gasteiger partial charge on any atom is -0.327 e. The van der Waals surface area contributed by atoms with Gasteiger partial charge in [-0.2, -0.15) is 0 Å². The molecule has 0 radical (unpaired) electrons. The van der Waals surface area contributed by atoms with E-state index in [0.29, 0.717) is 5.92 Å². The van der Waals surface area contributed by atoms with Crippen molar-refractivity contribution < 1.29 is 0 Å². The fraction of sp³-hybridized carbons (Fsp3) is 0.600. The van der Waals surface area contributed by atoms with Crippen LogP contribution < -0.4 is 5.73 Å². The molecule has 0 amide bonds. The number of hydrogen-bond donors (Lipinski definition) is 1. The molecule has 13 heavy (non-hydrogen) atoms. The molecule has 0 saturated carbocycles. The Kier molecular flexibility index (Phi) is 4.23. The van der Waals surface area contributed by atoms with Gasteiger partial charge in [-0.1, -0.05) is 25.4 Å². The van der Waals surface area contributed by atoms with Gasteiger partial charge in [-0.05, 0) is 30.9 Å². The summed E-state index contributed by atoms with van der Waals surface area (Å²) < 4.78 is 0.853. The van der Waals surface area contributed by atoms with Crippen molar-refractivity contribution in [3.05, 3.63) is 21.3 Å². The lowest BCUT2D eigenvalue weighted by Crippen LogP contribution is -2.24. The molecule has 1 atom stereocenters. The first-order valence-corrected chi connectivity index (χ1v) is 5.77. The molecule has 1 unspecified atom stereocenters. The lowest BCUT2D eigenvalue weighted by Gasteiger charge is -2.12. The lowest BCUT2D eigenvalue weighted by atomic mass is 10.0. The smallest absolute Gasteiger partial charge is 0.0931 e. The van der Waals surface area contributed by atoms with Gasteiger partial charge in [0.25, 0.3) is 0 Å². The molecule has 1 aromatic heterocycles. The van der Waals surface area contributed by atoms with Gasteiger partial charge in [0.1, 0.15) is 0 Å². The van der Waals surface area contributed by atoms with E-state index in [1.165, 1.54) is 4.88 Å². The van der Waals surface area contributed by atoms with Crippen LogP contribution in [-0.4, -0.2) is 6.04 Å². The normalized spacial score (nSPS) is 13.6. The molecule has 2 N–H and O–H groups in total. The molecule has 0 aliphatic heterocycles. The maximum Gasteiger partial charge on any atom is 0.0931 e. The zero-order valence-electron chi connectivity index (χ0n) is 8.09. The average Bonchev–Trinajstić information content (AvgIpc) is 2.33. The standard InChI is InChI=1S/C10H16ClNS/c1-7(2)5-8(12)6-9-3-4-10(11)13-9/h3-4,7-8H,5-6,12H2,1-2H3. The van der Waals surface area contributed by atoms with E-state index in [-0.39, 0.29) is 6.04 Å². The van der Waals surface area contributed by atoms with Crippen molar-refractivity contribution in [3.63, 3.8) is 0 Å². The summed E-state index contributed by atoms with van der Waals surface area (Å²) in [4.78, 5) is 1.29. The van der Waals surface area contributed by atoms with Crippen LogP contribution in [0, 0.1) is 5.92 Å². The van der Waals surface area contributed by atoms with Gasteiger partial charge < -0.3 is 5.73 Å². The predicted octanol–water partition coefficient (Wildman–Crippen LogP) is 3.32. The molecular formula is C10H16ClNS. The Balaban J connectivity index is 2.40. The highest BCUT2D eigenvalue weighted by Gasteiger charge is 2.07. The van der Waals surface area contributed by atoms with Gasteiger partial charge in [0.05, 0.1) is 4.34 Å². The summed E-state index contributed by atoms with van der Waals surface area (Å²) in [6.07, 6.45) is 2.03. The Morgan fingerprint density at radius 1 is 1.46 bits per heavy atom. The molecule has 0 saturated heterocycles. The van der Waals surface area contributed by atoms with Crippen LogP contribution in [0.2, 0.25) is 4.34 Å². The molecule has 1 heterocycles. The SMILES string of the molecule is CC(C)CC(N)Cc1ccc(Cl)s1. The van der Waals surface area contributed by atoms with Gasteiger partial charge in [-0.25, -0.2) is 0 Å². The lowest BCUT2D eigenvalue weighted by molar-refractivity contribution is 0.495. The van der Waals surface area contributed by atoms with Crippen molar-refractivity contribution in [2.45, 2.75) is 32.7 Å². The summed E-state index contributed by atoms with van der Waals surface area (Å²) in [7, 11) is 0. The zero-order chi connectivity index (χ0) is 9.84. The van der Waals surface area contributed by atoms with Gasteiger partial charge in [-0.3, -0.25) is 0 Å². The second kappa shape index (κ2) is 4.99. The average molecular weight is 218 g/mol. The highest BCUT2D eigenvalue weighted by Crippen LogP contribution is 2.23. The maximum absolute atomic E-state index is 5.98. The molecule has 3 heteroatoms. The topological polar surface area (TPSA) is 26.0 Å². The van der Waals surface area contributed by atoms with E-state index in [2.05, 4.69) is 19.9 Å². The van der Waals surface area contributed by atoms with Crippen molar-refractivity contribution in [1.82, 2.24) is 0 Å². The van der Waals surface area contributed by atoms with Crippen molar-refractivity contribution >= 4 is 22.9 Å². The van der Waals surface area contributed by atoms with Gasteiger partial charge >= 0.3 is 0 Å². The number of hydrogen-bond acceptors (Lipinski definition) is 2. The number of halogens is 1. The quantitative estimate of drug-likeness (QED) is 0.823. The molecule has 0 aromatic carbocycles. The third kappa shape index (κ3) is 4.12. The van der Waals surface area contributed by atoms with Crippen LogP contribution in [0.1, 0.15) is 25.1 Å². The molecule has 0 fully saturated rings. The Morgan fingerprint density at radius 2 is 2.15 bits per heavy atom. The van der Waals surface area contributed by atoms with Crippen LogP contribution in [0.3, 0.4) is 0 Å². The summed E-state index contributed by atoms with van der Waals surface area (Å²) in [5, 5.41) is 0. The largest absolute Gasteiger partial charge is 0.327 e. The van der Waals surface area contributed by atoms with E-state index in [0.717, 1.165) is 17.2 Å². The Morgan fingerprint density at radius 3 is 2.62 bits per heavy atom. The molecule has 0 bridgehead atoms. The molecule has 1 aromatic rings. The van der Waals surface area contributed by atoms with Crippen LogP contribution in [0.25, 0.3) is 0 Å². The van der Waals surface area contributed by atoms with Gasteiger partial charge in [0.15, 0.2) is 0 Å². The first kappa shape index (κ1) is 11.0. The van der Waals surface area contributed by atoms with Crippen molar-refractivity contribution in [1.29, 1.82) is 0 Å². The fourth-order valence-corrected chi connectivity index (χ4v) is 2.59. The van der Waals surface area contributed by atoms with Crippen molar-refractivity contribution in [2.24, 2.45) is 11.7 Å². The summed E-state index contributed by atoms with van der Waals surface area (Å²) in [6, 6.07) is 4.27. The minimum absolute atomic E-state index is 0.273. The summed E-state index contributed by atoms with van der Waals surface area (Å²) in [5.74, 6) is 0.672. The molecule has 1 rings (SSSR count). The number of thiophene rings is 1. The maximum atomic E-state index is 5.98. The van der Waals surface area contributed by atoms with E-state index in [1.54, 1.807) is 11.3 Å². The van der Waals surface area contributed by atoms with Crippen LogP contribution in [0.4, 0.5) is 0 Å². The van der Waals surface area contributed by atoms with E-state index in [1.807, 2.05) is 6.07 Å². The molecule has 1 nitrogen and oxygen atoms in total. The first-order valence-electron chi connectivity index (χ1n) is 4.57. The highest BCUT2D eigenvalue weighted by atomic mass is 35.5. The fourth-order valence-electron chi connectivity index (χ4n) is 1.41. The third-order valence-corrected chi connectivity index (χ3v) is 3.12. The molecule has 0 aliphatic carbocycles. The Labute approximate surface area is 88.9 Å². The van der Waals surface area contributed by atoms with Gasteiger partial charge in [0, 0.05) is 10.9 Å². The molecule has 74 valence electrons. The number of nitrogens with two attached hydrogens (primary N) is 1. The van der Waals surface area contributed by atoms with Crippen molar-refractivity contribution in [3.8, 4) is 0 Å². The summed E-state index contributed by atoms with van der Waals surface area (Å²) in [5.41, 5.74) is 5.98. The Bertz CT molecular complexity index is 257. The van der Waals surface area contributed by atoms with Gasteiger partial charge in [-0.15, -0.1) is 11.3 Å². The van der Waals surface area contributed by atoms with E-state index < -0.39 is 0 Å². The number of rotatable bonds is 4. The second-order valence-electron chi connectivity index (χ2n) is 3.80. The molecule has 0 aliphatic rings. The van der Waals surface area contributed by atoms with E-state index in [9.17, 15) is 0 Å². The first-order chi connectivity index (χ1) is 6.08. The van der Waals surface area contributed by atoms with E-state index in [4.69, 9.17) is 17.3 Å². The third-order valence-electron chi connectivity index (χ3n) is 1.87. The zero-order valence-corrected chi connectivity index (χ0v) is 9.66. The van der Waals surface area contributed by atoms with Crippen molar-refractivity contribution in [2.75, 3.05) is 0 Å². The van der Waals surface area contributed by atoms with Crippen LogP contribution in [-0.2, 0) is 6.42 Å². The van der Waals surface area contributed by atoms with Gasteiger partial charge in [0.2, 0.25) is 0 Å². The second-order valence-corrected chi connectivity index (χ2v) is 5.60. The molecule has 0 spiro atoms. The van der Waals surface area contributed by atoms with Crippen LogP contribution in [0.15, 0.2) is 12.1 Å². The van der Waals surface area contributed by atoms with Crippen LogP contribution >= 0.6 is 22.9 Å². The monoisotopic (exact) mass is 217 g/mol. The molecular weight excluding hydrogens is 202 g/mol. The minimum atomic E-state index is 0.273.